The SMILES string of the molecule is c1ccc(-c2nc(-c3ccc(-c4cccc(-c5nc(-c6ccccc6)nc(-c6ccccc6)n5)c4)cc3)cc(-c3cccnc3)n2)cc1. The molecule has 48 heavy (non-hydrogen) atoms. The molecule has 0 saturated heterocycles. The van der Waals surface area contributed by atoms with E-state index in [1.807, 2.05) is 128 Å². The number of nitrogens with zero attached hydrogens (tertiary/aromatic N) is 6. The van der Waals surface area contributed by atoms with Crippen molar-refractivity contribution >= 4 is 0 Å². The van der Waals surface area contributed by atoms with Gasteiger partial charge in [0.05, 0.1) is 11.4 Å². The number of hydrogen-bond acceptors (Lipinski definition) is 6. The maximum absolute atomic E-state index is 4.97. The summed E-state index contributed by atoms with van der Waals surface area (Å²) >= 11 is 0. The maximum Gasteiger partial charge on any atom is 0.164 e. The molecule has 0 saturated carbocycles. The summed E-state index contributed by atoms with van der Waals surface area (Å²) in [4.78, 5) is 28.8. The Hall–Kier alpha value is -6.66. The van der Waals surface area contributed by atoms with Gasteiger partial charge in [0.25, 0.3) is 0 Å². The van der Waals surface area contributed by atoms with Gasteiger partial charge in [-0.05, 0) is 35.4 Å². The smallest absolute Gasteiger partial charge is 0.164 e. The molecule has 6 heteroatoms. The molecule has 0 spiro atoms. The van der Waals surface area contributed by atoms with Gasteiger partial charge in [-0.2, -0.15) is 0 Å². The quantitative estimate of drug-likeness (QED) is 0.177. The fourth-order valence-corrected chi connectivity index (χ4v) is 5.58. The molecule has 0 radical (unpaired) electrons. The number of hydrogen-bond donors (Lipinski definition) is 0. The first-order chi connectivity index (χ1) is 23.8. The van der Waals surface area contributed by atoms with E-state index < -0.39 is 0 Å². The van der Waals surface area contributed by atoms with Crippen LogP contribution in [0.4, 0.5) is 0 Å². The van der Waals surface area contributed by atoms with Crippen molar-refractivity contribution in [1.82, 2.24) is 29.9 Å². The van der Waals surface area contributed by atoms with Crippen LogP contribution in [0, 0.1) is 0 Å². The second-order valence-corrected chi connectivity index (χ2v) is 11.3. The summed E-state index contributed by atoms with van der Waals surface area (Å²) in [5.74, 6) is 2.57. The fraction of sp³-hybridized carbons (Fsp3) is 0. The summed E-state index contributed by atoms with van der Waals surface area (Å²) in [6, 6.07) is 52.8. The van der Waals surface area contributed by atoms with E-state index in [0.717, 1.165) is 55.9 Å². The molecule has 226 valence electrons. The van der Waals surface area contributed by atoms with Crippen LogP contribution in [0.1, 0.15) is 0 Å². The maximum atomic E-state index is 4.97. The molecule has 8 rings (SSSR count). The van der Waals surface area contributed by atoms with Gasteiger partial charge in [-0.1, -0.05) is 133 Å². The summed E-state index contributed by atoms with van der Waals surface area (Å²) in [7, 11) is 0. The van der Waals surface area contributed by atoms with Crippen LogP contribution < -0.4 is 0 Å². The molecule has 0 atom stereocenters. The molecule has 0 N–H and O–H groups in total. The van der Waals surface area contributed by atoms with Crippen LogP contribution in [0.5, 0.6) is 0 Å². The number of aromatic nitrogens is 6. The monoisotopic (exact) mass is 616 g/mol. The van der Waals surface area contributed by atoms with E-state index >= 15 is 0 Å². The summed E-state index contributed by atoms with van der Waals surface area (Å²) in [5.41, 5.74) is 9.50. The summed E-state index contributed by atoms with van der Waals surface area (Å²) in [6.45, 7) is 0. The standard InChI is InChI=1S/C42H28N6/c1-4-12-31(13-5-1)39-44-37(27-38(45-39)36-20-11-25-43-28-36)30-23-21-29(22-24-30)34-18-10-19-35(26-34)42-47-40(32-14-6-2-7-15-32)46-41(48-42)33-16-8-3-9-17-33/h1-28H. The molecule has 0 fully saturated rings. The molecule has 0 aliphatic rings. The zero-order chi connectivity index (χ0) is 32.1. The zero-order valence-corrected chi connectivity index (χ0v) is 25.8. The average Bonchev–Trinajstić information content (AvgIpc) is 3.19. The highest BCUT2D eigenvalue weighted by Crippen LogP contribution is 2.31. The molecule has 0 unspecified atom stereocenters. The minimum absolute atomic E-state index is 0.624. The van der Waals surface area contributed by atoms with E-state index in [2.05, 4.69) is 41.4 Å². The molecule has 3 heterocycles. The molecule has 8 aromatic rings. The van der Waals surface area contributed by atoms with Gasteiger partial charge in [-0.25, -0.2) is 24.9 Å². The van der Waals surface area contributed by atoms with Gasteiger partial charge < -0.3 is 0 Å². The predicted molar refractivity (Wildman–Crippen MR) is 191 cm³/mol. The second kappa shape index (κ2) is 13.0. The zero-order valence-electron chi connectivity index (χ0n) is 25.8. The first-order valence-corrected chi connectivity index (χ1v) is 15.7. The first kappa shape index (κ1) is 28.8. The van der Waals surface area contributed by atoms with Crippen LogP contribution in [-0.4, -0.2) is 29.9 Å². The molecular formula is C42H28N6. The summed E-state index contributed by atoms with van der Waals surface area (Å²) < 4.78 is 0. The Balaban J connectivity index is 1.16. The average molecular weight is 617 g/mol. The lowest BCUT2D eigenvalue weighted by Gasteiger charge is -2.11. The lowest BCUT2D eigenvalue weighted by Crippen LogP contribution is -2.00. The molecule has 3 aromatic heterocycles. The van der Waals surface area contributed by atoms with Crippen molar-refractivity contribution in [3.8, 4) is 79.2 Å². The van der Waals surface area contributed by atoms with E-state index in [1.54, 1.807) is 6.20 Å². The van der Waals surface area contributed by atoms with E-state index in [9.17, 15) is 0 Å². The Kier molecular flexibility index (Phi) is 7.79. The Labute approximate surface area is 278 Å². The van der Waals surface area contributed by atoms with Crippen LogP contribution in [0.2, 0.25) is 0 Å². The topological polar surface area (TPSA) is 77.3 Å². The van der Waals surface area contributed by atoms with E-state index in [-0.39, 0.29) is 0 Å². The van der Waals surface area contributed by atoms with Crippen molar-refractivity contribution in [1.29, 1.82) is 0 Å². The van der Waals surface area contributed by atoms with Crippen molar-refractivity contribution in [2.75, 3.05) is 0 Å². The van der Waals surface area contributed by atoms with Crippen molar-refractivity contribution in [2.45, 2.75) is 0 Å². The van der Waals surface area contributed by atoms with Gasteiger partial charge in [-0.15, -0.1) is 0 Å². The highest BCUT2D eigenvalue weighted by Gasteiger charge is 2.14. The number of pyridine rings is 1. The van der Waals surface area contributed by atoms with Crippen LogP contribution in [0.3, 0.4) is 0 Å². The molecule has 0 bridgehead atoms. The third-order valence-corrected chi connectivity index (χ3v) is 8.05. The van der Waals surface area contributed by atoms with Crippen LogP contribution in [0.15, 0.2) is 170 Å². The lowest BCUT2D eigenvalue weighted by molar-refractivity contribution is 1.07. The summed E-state index contributed by atoms with van der Waals surface area (Å²) in [5, 5.41) is 0. The molecule has 0 amide bonds. The van der Waals surface area contributed by atoms with Crippen LogP contribution >= 0.6 is 0 Å². The van der Waals surface area contributed by atoms with Crippen molar-refractivity contribution < 1.29 is 0 Å². The van der Waals surface area contributed by atoms with Crippen molar-refractivity contribution in [2.24, 2.45) is 0 Å². The van der Waals surface area contributed by atoms with Gasteiger partial charge in [0.2, 0.25) is 0 Å². The van der Waals surface area contributed by atoms with E-state index in [4.69, 9.17) is 24.9 Å². The van der Waals surface area contributed by atoms with Gasteiger partial charge in [-0.3, -0.25) is 4.98 Å². The third-order valence-electron chi connectivity index (χ3n) is 8.05. The van der Waals surface area contributed by atoms with Crippen molar-refractivity contribution in [3.63, 3.8) is 0 Å². The van der Waals surface area contributed by atoms with Gasteiger partial charge in [0, 0.05) is 45.8 Å². The minimum atomic E-state index is 0.624. The molecule has 0 aliphatic carbocycles. The Morgan fingerprint density at radius 1 is 0.271 bits per heavy atom. The first-order valence-electron chi connectivity index (χ1n) is 15.7. The molecule has 0 aliphatic heterocycles. The largest absolute Gasteiger partial charge is 0.264 e. The number of benzene rings is 5. The van der Waals surface area contributed by atoms with Gasteiger partial charge in [0.15, 0.2) is 23.3 Å². The normalized spacial score (nSPS) is 10.9. The van der Waals surface area contributed by atoms with E-state index in [0.29, 0.717) is 23.3 Å². The van der Waals surface area contributed by atoms with Crippen LogP contribution in [0.25, 0.3) is 79.2 Å². The summed E-state index contributed by atoms with van der Waals surface area (Å²) in [6.07, 6.45) is 3.59. The fourth-order valence-electron chi connectivity index (χ4n) is 5.58. The van der Waals surface area contributed by atoms with Gasteiger partial charge in [0.1, 0.15) is 0 Å². The highest BCUT2D eigenvalue weighted by molar-refractivity contribution is 5.76. The lowest BCUT2D eigenvalue weighted by atomic mass is 10.00. The number of rotatable bonds is 7. The molecular weight excluding hydrogens is 589 g/mol. The second-order valence-electron chi connectivity index (χ2n) is 11.3. The Morgan fingerprint density at radius 3 is 1.25 bits per heavy atom. The molecule has 5 aromatic carbocycles. The predicted octanol–water partition coefficient (Wildman–Crippen LogP) is 9.73. The van der Waals surface area contributed by atoms with Crippen LogP contribution in [-0.2, 0) is 0 Å². The third kappa shape index (κ3) is 6.10. The Morgan fingerprint density at radius 2 is 0.708 bits per heavy atom. The van der Waals surface area contributed by atoms with Gasteiger partial charge >= 0.3 is 0 Å². The Bertz CT molecular complexity index is 2190. The molecule has 6 nitrogen and oxygen atoms in total. The highest BCUT2D eigenvalue weighted by atomic mass is 15.0. The van der Waals surface area contributed by atoms with Crippen molar-refractivity contribution in [3.05, 3.63) is 170 Å². The van der Waals surface area contributed by atoms with E-state index in [1.165, 1.54) is 0 Å². The minimum Gasteiger partial charge on any atom is -0.264 e.